The molecule has 0 aromatic heterocycles. The summed E-state index contributed by atoms with van der Waals surface area (Å²) in [5.74, 6) is -1.32. The van der Waals surface area contributed by atoms with Crippen molar-refractivity contribution in [3.63, 3.8) is 0 Å². The van der Waals surface area contributed by atoms with E-state index >= 15 is 0 Å². The zero-order valence-electron chi connectivity index (χ0n) is 10.4. The maximum Gasteiger partial charge on any atom is 0.337 e. The zero-order valence-corrected chi connectivity index (χ0v) is 10.4. The molecule has 0 fully saturated rings. The number of halogens is 1. The second-order valence-electron chi connectivity index (χ2n) is 4.24. The molecule has 19 heavy (non-hydrogen) atoms. The Balaban J connectivity index is 2.27. The van der Waals surface area contributed by atoms with Crippen LogP contribution in [-0.4, -0.2) is 11.1 Å². The Morgan fingerprint density at radius 1 is 1.16 bits per heavy atom. The van der Waals surface area contributed by atoms with Gasteiger partial charge in [0, 0.05) is 11.3 Å². The maximum absolute atomic E-state index is 13.6. The summed E-state index contributed by atoms with van der Waals surface area (Å²) in [4.78, 5) is 11.1. The van der Waals surface area contributed by atoms with Gasteiger partial charge in [-0.1, -0.05) is 30.3 Å². The lowest BCUT2D eigenvalue weighted by Gasteiger charge is -2.17. The summed E-state index contributed by atoms with van der Waals surface area (Å²) in [6, 6.07) is 12.7. The molecule has 0 bridgehead atoms. The van der Waals surface area contributed by atoms with Gasteiger partial charge in [0.05, 0.1) is 11.6 Å². The van der Waals surface area contributed by atoms with E-state index in [0.717, 1.165) is 0 Å². The van der Waals surface area contributed by atoms with E-state index in [1.54, 1.807) is 43.3 Å². The summed E-state index contributed by atoms with van der Waals surface area (Å²) in [5, 5.41) is 12.1. The van der Waals surface area contributed by atoms with Gasteiger partial charge in [-0.05, 0) is 25.1 Å². The molecular weight excluding hydrogens is 245 g/mol. The minimum atomic E-state index is -1.01. The topological polar surface area (TPSA) is 49.3 Å². The molecule has 1 unspecified atom stereocenters. The Kier molecular flexibility index (Phi) is 3.80. The largest absolute Gasteiger partial charge is 0.478 e. The number of para-hydroxylation sites is 1. The van der Waals surface area contributed by atoms with Crippen LogP contribution in [0.4, 0.5) is 10.1 Å². The second-order valence-corrected chi connectivity index (χ2v) is 4.24. The van der Waals surface area contributed by atoms with E-state index in [4.69, 9.17) is 5.11 Å². The fraction of sp³-hybridized carbons (Fsp3) is 0.133. The summed E-state index contributed by atoms with van der Waals surface area (Å²) in [6.07, 6.45) is 0. The first-order valence-electron chi connectivity index (χ1n) is 5.93. The molecule has 0 aliphatic rings. The molecule has 1 atom stereocenters. The molecule has 3 nitrogen and oxygen atoms in total. The van der Waals surface area contributed by atoms with E-state index in [1.165, 1.54) is 12.1 Å². The van der Waals surface area contributed by atoms with E-state index in [-0.39, 0.29) is 17.4 Å². The van der Waals surface area contributed by atoms with Crippen molar-refractivity contribution in [1.29, 1.82) is 0 Å². The molecule has 0 spiro atoms. The van der Waals surface area contributed by atoms with Gasteiger partial charge in [-0.3, -0.25) is 0 Å². The van der Waals surface area contributed by atoms with Crippen molar-refractivity contribution in [3.05, 3.63) is 65.5 Å². The number of carbonyl (C=O) groups is 1. The van der Waals surface area contributed by atoms with Crippen LogP contribution in [0.5, 0.6) is 0 Å². The third-order valence-electron chi connectivity index (χ3n) is 2.90. The van der Waals surface area contributed by atoms with Gasteiger partial charge in [-0.2, -0.15) is 0 Å². The van der Waals surface area contributed by atoms with Gasteiger partial charge in [0.1, 0.15) is 5.82 Å². The van der Waals surface area contributed by atoms with Crippen LogP contribution in [0.1, 0.15) is 28.9 Å². The van der Waals surface area contributed by atoms with Crippen molar-refractivity contribution >= 4 is 11.7 Å². The van der Waals surface area contributed by atoms with Crippen LogP contribution in [0.25, 0.3) is 0 Å². The third-order valence-corrected chi connectivity index (χ3v) is 2.90. The number of nitrogens with one attached hydrogen (secondary N) is 1. The molecule has 0 aliphatic heterocycles. The molecule has 0 saturated heterocycles. The van der Waals surface area contributed by atoms with Crippen LogP contribution in [0.3, 0.4) is 0 Å². The number of hydrogen-bond acceptors (Lipinski definition) is 2. The van der Waals surface area contributed by atoms with Crippen LogP contribution in [0.2, 0.25) is 0 Å². The molecule has 0 amide bonds. The number of carboxylic acid groups (broad SMARTS) is 1. The minimum Gasteiger partial charge on any atom is -0.478 e. The number of carboxylic acids is 1. The van der Waals surface area contributed by atoms with Gasteiger partial charge in [-0.25, -0.2) is 9.18 Å². The minimum absolute atomic E-state index is 0.172. The molecule has 2 aromatic rings. The lowest BCUT2D eigenvalue weighted by molar-refractivity contribution is 0.0698. The molecule has 0 aliphatic carbocycles. The van der Waals surface area contributed by atoms with Gasteiger partial charge in [-0.15, -0.1) is 0 Å². The summed E-state index contributed by atoms with van der Waals surface area (Å²) in [6.45, 7) is 1.79. The van der Waals surface area contributed by atoms with Crippen LogP contribution >= 0.6 is 0 Å². The predicted molar refractivity (Wildman–Crippen MR) is 71.8 cm³/mol. The SMILES string of the molecule is CC(Nc1ccccc1C(=O)O)c1ccccc1F. The summed E-state index contributed by atoms with van der Waals surface area (Å²) >= 11 is 0. The lowest BCUT2D eigenvalue weighted by atomic mass is 10.1. The van der Waals surface area contributed by atoms with Crippen LogP contribution in [0, 0.1) is 5.82 Å². The quantitative estimate of drug-likeness (QED) is 0.880. The van der Waals surface area contributed by atoms with E-state index < -0.39 is 5.97 Å². The average Bonchev–Trinajstić information content (AvgIpc) is 2.39. The van der Waals surface area contributed by atoms with Crippen molar-refractivity contribution in [3.8, 4) is 0 Å². The zero-order chi connectivity index (χ0) is 13.8. The van der Waals surface area contributed by atoms with Gasteiger partial charge in [0.25, 0.3) is 0 Å². The Bertz CT molecular complexity index is 598. The van der Waals surface area contributed by atoms with Crippen LogP contribution in [-0.2, 0) is 0 Å². The molecule has 98 valence electrons. The average molecular weight is 259 g/mol. The first-order chi connectivity index (χ1) is 9.09. The third kappa shape index (κ3) is 2.91. The van der Waals surface area contributed by atoms with Crippen molar-refractivity contribution in [1.82, 2.24) is 0 Å². The molecule has 4 heteroatoms. The first kappa shape index (κ1) is 13.1. The fourth-order valence-electron chi connectivity index (χ4n) is 1.93. The molecular formula is C15H14FNO2. The Morgan fingerprint density at radius 3 is 2.47 bits per heavy atom. The number of anilines is 1. The maximum atomic E-state index is 13.6. The molecule has 0 saturated carbocycles. The highest BCUT2D eigenvalue weighted by Gasteiger charge is 2.14. The van der Waals surface area contributed by atoms with E-state index in [2.05, 4.69) is 5.32 Å². The van der Waals surface area contributed by atoms with Crippen molar-refractivity contribution in [2.75, 3.05) is 5.32 Å². The highest BCUT2D eigenvalue weighted by molar-refractivity contribution is 5.94. The highest BCUT2D eigenvalue weighted by Crippen LogP contribution is 2.24. The van der Waals surface area contributed by atoms with E-state index in [1.807, 2.05) is 0 Å². The smallest absolute Gasteiger partial charge is 0.337 e. The molecule has 2 aromatic carbocycles. The highest BCUT2D eigenvalue weighted by atomic mass is 19.1. The number of aromatic carboxylic acids is 1. The Hall–Kier alpha value is -2.36. The van der Waals surface area contributed by atoms with Gasteiger partial charge >= 0.3 is 5.97 Å². The fourth-order valence-corrected chi connectivity index (χ4v) is 1.93. The Morgan fingerprint density at radius 2 is 1.79 bits per heavy atom. The van der Waals surface area contributed by atoms with Crippen molar-refractivity contribution in [2.24, 2.45) is 0 Å². The number of hydrogen-bond donors (Lipinski definition) is 2. The van der Waals surface area contributed by atoms with E-state index in [0.29, 0.717) is 11.3 Å². The van der Waals surface area contributed by atoms with E-state index in [9.17, 15) is 9.18 Å². The van der Waals surface area contributed by atoms with Gasteiger partial charge in [0.15, 0.2) is 0 Å². The standard InChI is InChI=1S/C15H14FNO2/c1-10(11-6-2-4-8-13(11)16)17-14-9-5-3-7-12(14)15(18)19/h2-10,17H,1H3,(H,18,19). The predicted octanol–water partition coefficient (Wildman–Crippen LogP) is 3.70. The number of benzene rings is 2. The molecule has 0 heterocycles. The summed E-state index contributed by atoms with van der Waals surface area (Å²) in [5.41, 5.74) is 1.15. The molecule has 2 N–H and O–H groups in total. The monoisotopic (exact) mass is 259 g/mol. The summed E-state index contributed by atoms with van der Waals surface area (Å²) < 4.78 is 13.6. The molecule has 0 radical (unpaired) electrons. The van der Waals surface area contributed by atoms with Gasteiger partial charge < -0.3 is 10.4 Å². The van der Waals surface area contributed by atoms with Gasteiger partial charge in [0.2, 0.25) is 0 Å². The van der Waals surface area contributed by atoms with Crippen molar-refractivity contribution in [2.45, 2.75) is 13.0 Å². The first-order valence-corrected chi connectivity index (χ1v) is 5.93. The normalized spacial score (nSPS) is 11.9. The number of rotatable bonds is 4. The van der Waals surface area contributed by atoms with Crippen LogP contribution < -0.4 is 5.32 Å². The van der Waals surface area contributed by atoms with Crippen LogP contribution in [0.15, 0.2) is 48.5 Å². The second kappa shape index (κ2) is 5.52. The Labute approximate surface area is 110 Å². The van der Waals surface area contributed by atoms with Crippen molar-refractivity contribution < 1.29 is 14.3 Å². The molecule has 2 rings (SSSR count). The summed E-state index contributed by atoms with van der Waals surface area (Å²) in [7, 11) is 0. The lowest BCUT2D eigenvalue weighted by Crippen LogP contribution is -2.11.